The highest BCUT2D eigenvalue weighted by Crippen LogP contribution is 2.42. The van der Waals surface area contributed by atoms with Crippen LogP contribution in [0.3, 0.4) is 0 Å². The van der Waals surface area contributed by atoms with Crippen LogP contribution in [0.2, 0.25) is 0 Å². The van der Waals surface area contributed by atoms with Crippen molar-refractivity contribution in [3.8, 4) is 17.3 Å². The minimum atomic E-state index is -0.0117. The average Bonchev–Trinajstić information content (AvgIpc) is 3.29. The molecule has 1 aromatic carbocycles. The van der Waals surface area contributed by atoms with Crippen LogP contribution in [0.5, 0.6) is 5.75 Å². The molecule has 10 nitrogen and oxygen atoms in total. The minimum Gasteiger partial charge on any atom is -0.494 e. The van der Waals surface area contributed by atoms with Gasteiger partial charge < -0.3 is 29.4 Å². The predicted octanol–water partition coefficient (Wildman–Crippen LogP) is 3.44. The molecule has 4 fully saturated rings. The number of nitrogens with two attached hydrogens (primary N) is 1. The van der Waals surface area contributed by atoms with Gasteiger partial charge in [-0.3, -0.25) is 9.59 Å². The number of ether oxygens (including phenoxy) is 1. The predicted molar refractivity (Wildman–Crippen MR) is 155 cm³/mol. The number of piperidine rings is 1. The first-order valence-electron chi connectivity index (χ1n) is 14.8. The molecule has 4 aromatic rings. The van der Waals surface area contributed by atoms with Crippen molar-refractivity contribution in [2.45, 2.75) is 57.3 Å². The number of nitrogens with zero attached hydrogens (tertiary/aromatic N) is 6. The van der Waals surface area contributed by atoms with Gasteiger partial charge in [0.05, 0.1) is 24.4 Å². The number of imidazole rings is 1. The molecular weight excluding hydrogens is 518 g/mol. The van der Waals surface area contributed by atoms with E-state index in [0.717, 1.165) is 47.5 Å². The lowest BCUT2D eigenvalue weighted by atomic mass is 10.1. The van der Waals surface area contributed by atoms with Crippen molar-refractivity contribution in [1.82, 2.24) is 28.9 Å². The summed E-state index contributed by atoms with van der Waals surface area (Å²) in [6, 6.07) is 10.2. The smallest absolute Gasteiger partial charge is 0.254 e. The van der Waals surface area contributed by atoms with E-state index in [0.29, 0.717) is 48.3 Å². The molecule has 2 aliphatic heterocycles. The van der Waals surface area contributed by atoms with E-state index < -0.39 is 0 Å². The Morgan fingerprint density at radius 3 is 2.61 bits per heavy atom. The van der Waals surface area contributed by atoms with E-state index in [2.05, 4.69) is 21.3 Å². The van der Waals surface area contributed by atoms with Crippen LogP contribution in [0.1, 0.15) is 49.0 Å². The van der Waals surface area contributed by atoms with E-state index in [9.17, 15) is 9.59 Å². The van der Waals surface area contributed by atoms with Gasteiger partial charge in [0.2, 0.25) is 5.91 Å². The summed E-state index contributed by atoms with van der Waals surface area (Å²) in [5.41, 5.74) is 10.5. The summed E-state index contributed by atoms with van der Waals surface area (Å²) < 4.78 is 10.5. The summed E-state index contributed by atoms with van der Waals surface area (Å²) >= 11 is 0. The molecule has 2 N–H and O–H groups in total. The first kappa shape index (κ1) is 24.8. The average molecular weight is 554 g/mol. The van der Waals surface area contributed by atoms with Gasteiger partial charge in [-0.15, -0.1) is 0 Å². The summed E-state index contributed by atoms with van der Waals surface area (Å²) in [6.07, 6.45) is 6.34. The van der Waals surface area contributed by atoms with Gasteiger partial charge in [-0.05, 0) is 67.9 Å². The number of pyridine rings is 1. The summed E-state index contributed by atoms with van der Waals surface area (Å²) in [7, 11) is 1.64. The molecule has 0 radical (unpaired) electrons. The number of methoxy groups -OCH3 is 1. The maximum Gasteiger partial charge on any atom is 0.254 e. The molecule has 10 heteroatoms. The Labute approximate surface area is 238 Å². The molecule has 5 heterocycles. The Hall–Kier alpha value is -3.92. The molecule has 41 heavy (non-hydrogen) atoms. The molecule has 3 aromatic heterocycles. The number of hydrogen-bond acceptors (Lipinski definition) is 6. The van der Waals surface area contributed by atoms with Gasteiger partial charge in [-0.2, -0.15) is 0 Å². The van der Waals surface area contributed by atoms with E-state index in [1.807, 2.05) is 34.2 Å². The normalized spacial score (nSPS) is 24.0. The van der Waals surface area contributed by atoms with Crippen LogP contribution in [-0.4, -0.2) is 79.5 Å². The number of rotatable bonds is 6. The second-order valence-electron chi connectivity index (χ2n) is 12.4. The third-order valence-corrected chi connectivity index (χ3v) is 9.83. The van der Waals surface area contributed by atoms with Crippen molar-refractivity contribution in [3.05, 3.63) is 42.1 Å². The molecule has 4 aliphatic rings. The first-order valence-corrected chi connectivity index (χ1v) is 14.8. The molecular formula is C31H35N7O3. The lowest BCUT2D eigenvalue weighted by Crippen LogP contribution is -2.50. The van der Waals surface area contributed by atoms with Crippen molar-refractivity contribution < 1.29 is 14.3 Å². The second-order valence-corrected chi connectivity index (χ2v) is 12.4. The molecule has 212 valence electrons. The molecule has 2 bridgehead atoms. The Balaban J connectivity index is 1.29. The highest BCUT2D eigenvalue weighted by Gasteiger charge is 2.47. The van der Waals surface area contributed by atoms with Gasteiger partial charge in [0.15, 0.2) is 5.82 Å². The number of likely N-dealkylation sites (tertiary alicyclic amines) is 2. The van der Waals surface area contributed by atoms with Crippen LogP contribution in [0.25, 0.3) is 33.6 Å². The zero-order valence-corrected chi connectivity index (χ0v) is 23.5. The van der Waals surface area contributed by atoms with Crippen molar-refractivity contribution >= 4 is 33.9 Å². The molecule has 2 amide bonds. The molecule has 0 spiro atoms. The monoisotopic (exact) mass is 553 g/mol. The second kappa shape index (κ2) is 9.04. The number of amides is 2. The van der Waals surface area contributed by atoms with Crippen molar-refractivity contribution in [3.63, 3.8) is 0 Å². The van der Waals surface area contributed by atoms with Crippen LogP contribution in [-0.2, 0) is 11.3 Å². The van der Waals surface area contributed by atoms with Crippen molar-refractivity contribution in [2.24, 2.45) is 17.6 Å². The Morgan fingerprint density at radius 1 is 1.10 bits per heavy atom. The maximum absolute atomic E-state index is 13.8. The fourth-order valence-electron chi connectivity index (χ4n) is 7.35. The van der Waals surface area contributed by atoms with Gasteiger partial charge >= 0.3 is 0 Å². The van der Waals surface area contributed by atoms with Crippen LogP contribution in [0.15, 0.2) is 36.5 Å². The number of hydrogen-bond donors (Lipinski definition) is 1. The lowest BCUT2D eigenvalue weighted by molar-refractivity contribution is -0.134. The van der Waals surface area contributed by atoms with Crippen LogP contribution in [0, 0.1) is 11.8 Å². The van der Waals surface area contributed by atoms with Gasteiger partial charge in [-0.25, -0.2) is 9.97 Å². The van der Waals surface area contributed by atoms with E-state index in [1.165, 1.54) is 12.8 Å². The number of carbonyl (C=O) groups excluding carboxylic acids is 2. The molecule has 2 saturated carbocycles. The summed E-state index contributed by atoms with van der Waals surface area (Å²) in [5, 5.41) is 1.07. The number of aromatic nitrogens is 4. The zero-order valence-electron chi connectivity index (χ0n) is 23.5. The van der Waals surface area contributed by atoms with Gasteiger partial charge in [0, 0.05) is 62.3 Å². The minimum absolute atomic E-state index is 0.0117. The van der Waals surface area contributed by atoms with Crippen LogP contribution in [0.4, 0.5) is 0 Å². The van der Waals surface area contributed by atoms with Gasteiger partial charge in [0.25, 0.3) is 5.91 Å². The quantitative estimate of drug-likeness (QED) is 0.392. The Kier molecular flexibility index (Phi) is 5.48. The summed E-state index contributed by atoms with van der Waals surface area (Å²) in [6.45, 7) is 4.42. The summed E-state index contributed by atoms with van der Waals surface area (Å²) in [5.74, 6) is 2.51. The first-order chi connectivity index (χ1) is 19.9. The molecule has 8 rings (SSSR count). The molecule has 2 aliphatic carbocycles. The highest BCUT2D eigenvalue weighted by molar-refractivity contribution is 6.00. The fraction of sp³-hybridized carbons (Fsp3) is 0.484. The summed E-state index contributed by atoms with van der Waals surface area (Å²) in [4.78, 5) is 39.7. The Bertz CT molecular complexity index is 1710. The number of carbonyl (C=O) groups is 2. The van der Waals surface area contributed by atoms with E-state index >= 15 is 0 Å². The SMILES string of the molecule is COc1cc(C(=O)N2C[C@H]3CC[C@@H]2[C@@H]3N)cc2nc(-c3cc4cccnc4n3CC3CC3)n(C3CN(C(C)=O)C3)c12. The van der Waals surface area contributed by atoms with E-state index in [-0.39, 0.29) is 29.9 Å². The Morgan fingerprint density at radius 2 is 1.93 bits per heavy atom. The van der Waals surface area contributed by atoms with Gasteiger partial charge in [-0.1, -0.05) is 0 Å². The molecule has 3 atom stereocenters. The zero-order chi connectivity index (χ0) is 28.0. The third-order valence-electron chi connectivity index (χ3n) is 9.83. The highest BCUT2D eigenvalue weighted by atomic mass is 16.5. The van der Waals surface area contributed by atoms with E-state index in [1.54, 1.807) is 14.0 Å². The topological polar surface area (TPSA) is 112 Å². The van der Waals surface area contributed by atoms with Crippen molar-refractivity contribution in [2.75, 3.05) is 26.7 Å². The van der Waals surface area contributed by atoms with E-state index in [4.69, 9.17) is 20.4 Å². The standard InChI is InChI=1S/C31H35N7O3/c1-17(39)35-15-22(16-35)38-28-23(10-21(12-26(28)41-2)31(40)37-14-20-7-8-24(37)27(20)32)34-30(38)25-11-19-4-3-9-33-29(19)36(25)13-18-5-6-18/h3-4,9-12,18,20,22,24,27H,5-8,13-16,32H2,1-2H3/t20-,24-,27-/m1/s1. The van der Waals surface area contributed by atoms with Crippen molar-refractivity contribution in [1.29, 1.82) is 0 Å². The third kappa shape index (κ3) is 3.80. The lowest BCUT2D eigenvalue weighted by Gasteiger charge is -2.40. The molecule has 2 saturated heterocycles. The van der Waals surface area contributed by atoms with Crippen LogP contribution < -0.4 is 10.5 Å². The number of fused-ring (bicyclic) bond motifs is 4. The number of benzene rings is 1. The fourth-order valence-corrected chi connectivity index (χ4v) is 7.35. The maximum atomic E-state index is 13.8. The van der Waals surface area contributed by atoms with Crippen LogP contribution >= 0.6 is 0 Å². The molecule has 0 unspecified atom stereocenters. The van der Waals surface area contributed by atoms with Gasteiger partial charge in [0.1, 0.15) is 16.9 Å². The largest absolute Gasteiger partial charge is 0.494 e.